The first kappa shape index (κ1) is 15.0. The van der Waals surface area contributed by atoms with E-state index in [1.54, 1.807) is 0 Å². The van der Waals surface area contributed by atoms with Crippen LogP contribution >= 0.6 is 0 Å². The van der Waals surface area contributed by atoms with Crippen LogP contribution in [0.4, 0.5) is 0 Å². The summed E-state index contributed by atoms with van der Waals surface area (Å²) in [7, 11) is 1.34. The first-order valence-electron chi connectivity index (χ1n) is 6.60. The van der Waals surface area contributed by atoms with Gasteiger partial charge in [-0.3, -0.25) is 14.6 Å². The van der Waals surface area contributed by atoms with Gasteiger partial charge in [-0.1, -0.05) is 0 Å². The Morgan fingerprint density at radius 1 is 1.33 bits per heavy atom. The molecule has 1 aromatic rings. The van der Waals surface area contributed by atoms with Gasteiger partial charge in [0.25, 0.3) is 5.91 Å². The smallest absolute Gasteiger partial charge is 0.338 e. The van der Waals surface area contributed by atoms with Gasteiger partial charge in [0.1, 0.15) is 5.69 Å². The predicted molar refractivity (Wildman–Crippen MR) is 71.8 cm³/mol. The van der Waals surface area contributed by atoms with Gasteiger partial charge in [-0.25, -0.2) is 4.79 Å². The molecule has 1 amide bonds. The fraction of sp³-hybridized carbons (Fsp3) is 0.429. The number of carbonyl (C=O) groups is 3. The summed E-state index contributed by atoms with van der Waals surface area (Å²) < 4.78 is 4.69. The topological polar surface area (TPSA) is 96.8 Å². The summed E-state index contributed by atoms with van der Waals surface area (Å²) >= 11 is 0. The lowest BCUT2D eigenvalue weighted by molar-refractivity contribution is -0.146. The Morgan fingerprint density at radius 3 is 2.57 bits per heavy atom. The van der Waals surface area contributed by atoms with Crippen LogP contribution in [0.2, 0.25) is 0 Å². The summed E-state index contributed by atoms with van der Waals surface area (Å²) in [6.07, 6.45) is 2.40. The highest BCUT2D eigenvalue weighted by atomic mass is 16.5. The molecule has 0 saturated carbocycles. The normalized spacial score (nSPS) is 15.6. The first-order chi connectivity index (χ1) is 10.0. The van der Waals surface area contributed by atoms with Crippen LogP contribution in [0.3, 0.4) is 0 Å². The molecule has 7 nitrogen and oxygen atoms in total. The average Bonchev–Trinajstić information content (AvgIpc) is 2.53. The van der Waals surface area contributed by atoms with E-state index in [1.165, 1.54) is 30.3 Å². The molecular formula is C14H16N2O5. The second-order valence-electron chi connectivity index (χ2n) is 4.79. The van der Waals surface area contributed by atoms with E-state index in [9.17, 15) is 14.4 Å². The van der Waals surface area contributed by atoms with Gasteiger partial charge in [0.05, 0.1) is 18.6 Å². The second-order valence-corrected chi connectivity index (χ2v) is 4.79. The molecule has 1 saturated heterocycles. The van der Waals surface area contributed by atoms with E-state index in [2.05, 4.69) is 9.72 Å². The van der Waals surface area contributed by atoms with E-state index >= 15 is 0 Å². The number of carboxylic acids is 1. The summed E-state index contributed by atoms with van der Waals surface area (Å²) in [4.78, 5) is 40.3. The van der Waals surface area contributed by atoms with Gasteiger partial charge < -0.3 is 14.7 Å². The number of rotatable bonds is 3. The molecule has 21 heavy (non-hydrogen) atoms. The number of aromatic carboxylic acids is 1. The molecule has 0 spiro atoms. The number of likely N-dealkylation sites (tertiary alicyclic amines) is 1. The van der Waals surface area contributed by atoms with E-state index in [-0.39, 0.29) is 23.1 Å². The number of methoxy groups -OCH3 is 1. The van der Waals surface area contributed by atoms with Gasteiger partial charge in [-0.05, 0) is 25.0 Å². The Hall–Kier alpha value is -2.44. The van der Waals surface area contributed by atoms with Crippen LogP contribution < -0.4 is 0 Å². The minimum Gasteiger partial charge on any atom is -0.478 e. The molecule has 1 aliphatic rings. The second kappa shape index (κ2) is 6.34. The van der Waals surface area contributed by atoms with Crippen LogP contribution in [-0.2, 0) is 9.53 Å². The van der Waals surface area contributed by atoms with Crippen LogP contribution in [0.15, 0.2) is 18.3 Å². The lowest BCUT2D eigenvalue weighted by atomic mass is 9.96. The number of ether oxygens (including phenoxy) is 1. The summed E-state index contributed by atoms with van der Waals surface area (Å²) in [5.74, 6) is -2.08. The minimum atomic E-state index is -1.18. The molecule has 0 radical (unpaired) electrons. The van der Waals surface area contributed by atoms with Crippen LogP contribution in [0.5, 0.6) is 0 Å². The Morgan fingerprint density at radius 2 is 2.00 bits per heavy atom. The third-order valence-corrected chi connectivity index (χ3v) is 3.56. The van der Waals surface area contributed by atoms with Crippen molar-refractivity contribution in [2.75, 3.05) is 20.2 Å². The van der Waals surface area contributed by atoms with E-state index < -0.39 is 11.9 Å². The third-order valence-electron chi connectivity index (χ3n) is 3.56. The lowest BCUT2D eigenvalue weighted by Gasteiger charge is -2.30. The molecule has 0 aromatic carbocycles. The van der Waals surface area contributed by atoms with E-state index in [0.29, 0.717) is 25.9 Å². The molecule has 2 rings (SSSR count). The maximum Gasteiger partial charge on any atom is 0.338 e. The number of carbonyl (C=O) groups excluding carboxylic acids is 2. The van der Waals surface area contributed by atoms with Gasteiger partial charge in [0.2, 0.25) is 0 Å². The van der Waals surface area contributed by atoms with Crippen molar-refractivity contribution in [1.82, 2.24) is 9.88 Å². The van der Waals surface area contributed by atoms with Gasteiger partial charge in [-0.2, -0.15) is 0 Å². The van der Waals surface area contributed by atoms with Gasteiger partial charge in [-0.15, -0.1) is 0 Å². The number of hydrogen-bond acceptors (Lipinski definition) is 5. The van der Waals surface area contributed by atoms with Gasteiger partial charge >= 0.3 is 11.9 Å². The molecule has 0 aliphatic carbocycles. The van der Waals surface area contributed by atoms with Crippen molar-refractivity contribution in [3.63, 3.8) is 0 Å². The summed E-state index contributed by atoms with van der Waals surface area (Å²) in [6, 6.07) is 2.83. The number of hydrogen-bond donors (Lipinski definition) is 1. The van der Waals surface area contributed by atoms with Gasteiger partial charge in [0.15, 0.2) is 0 Å². The van der Waals surface area contributed by atoms with Crippen molar-refractivity contribution in [2.45, 2.75) is 12.8 Å². The number of aromatic nitrogens is 1. The third kappa shape index (κ3) is 3.18. The molecule has 1 aliphatic heterocycles. The summed E-state index contributed by atoms with van der Waals surface area (Å²) in [5.41, 5.74) is -0.181. The Labute approximate surface area is 121 Å². The summed E-state index contributed by atoms with van der Waals surface area (Å²) in [5, 5.41) is 9.09. The fourth-order valence-corrected chi connectivity index (χ4v) is 2.38. The molecule has 1 fully saturated rings. The SMILES string of the molecule is COC(=O)C1CCN(C(=O)c2ncccc2C(=O)O)CC1. The number of nitrogens with zero attached hydrogens (tertiary/aromatic N) is 2. The van der Waals surface area contributed by atoms with Crippen molar-refractivity contribution in [3.05, 3.63) is 29.6 Å². The van der Waals surface area contributed by atoms with Crippen LogP contribution in [-0.4, -0.2) is 53.0 Å². The molecule has 0 bridgehead atoms. The van der Waals surface area contributed by atoms with Crippen LogP contribution in [0.25, 0.3) is 0 Å². The van der Waals surface area contributed by atoms with Crippen molar-refractivity contribution in [3.8, 4) is 0 Å². The molecular weight excluding hydrogens is 276 g/mol. The molecule has 112 valence electrons. The number of amides is 1. The Balaban J connectivity index is 2.09. The molecule has 7 heteroatoms. The molecule has 2 heterocycles. The van der Waals surface area contributed by atoms with Crippen molar-refractivity contribution in [1.29, 1.82) is 0 Å². The first-order valence-corrected chi connectivity index (χ1v) is 6.60. The highest BCUT2D eigenvalue weighted by molar-refractivity contribution is 6.03. The number of pyridine rings is 1. The number of esters is 1. The summed E-state index contributed by atoms with van der Waals surface area (Å²) in [6.45, 7) is 0.766. The largest absolute Gasteiger partial charge is 0.478 e. The van der Waals surface area contributed by atoms with Crippen molar-refractivity contribution < 1.29 is 24.2 Å². The number of piperidine rings is 1. The fourth-order valence-electron chi connectivity index (χ4n) is 2.38. The van der Waals surface area contributed by atoms with Crippen molar-refractivity contribution in [2.24, 2.45) is 5.92 Å². The lowest BCUT2D eigenvalue weighted by Crippen LogP contribution is -2.41. The molecule has 0 atom stereocenters. The Kier molecular flexibility index (Phi) is 4.52. The highest BCUT2D eigenvalue weighted by Gasteiger charge is 2.30. The van der Waals surface area contributed by atoms with E-state index in [1.807, 2.05) is 0 Å². The monoisotopic (exact) mass is 292 g/mol. The average molecular weight is 292 g/mol. The maximum atomic E-state index is 12.4. The quantitative estimate of drug-likeness (QED) is 0.828. The maximum absolute atomic E-state index is 12.4. The van der Waals surface area contributed by atoms with E-state index in [0.717, 1.165) is 0 Å². The minimum absolute atomic E-state index is 0.0680. The van der Waals surface area contributed by atoms with Crippen LogP contribution in [0, 0.1) is 5.92 Å². The molecule has 1 N–H and O–H groups in total. The van der Waals surface area contributed by atoms with Gasteiger partial charge in [0, 0.05) is 19.3 Å². The van der Waals surface area contributed by atoms with E-state index in [4.69, 9.17) is 5.11 Å². The zero-order valence-corrected chi connectivity index (χ0v) is 11.6. The zero-order valence-electron chi connectivity index (χ0n) is 11.6. The highest BCUT2D eigenvalue weighted by Crippen LogP contribution is 2.20. The predicted octanol–water partition coefficient (Wildman–Crippen LogP) is 0.805. The zero-order chi connectivity index (χ0) is 15.4. The number of carboxylic acid groups (broad SMARTS) is 1. The van der Waals surface area contributed by atoms with Crippen LogP contribution in [0.1, 0.15) is 33.7 Å². The standard InChI is InChI=1S/C14H16N2O5/c1-21-14(20)9-4-7-16(8-5-9)12(17)11-10(13(18)19)3-2-6-15-11/h2-3,6,9H,4-5,7-8H2,1H3,(H,18,19). The molecule has 0 unspecified atom stereocenters. The molecule has 1 aromatic heterocycles. The Bertz CT molecular complexity index is 564. The van der Waals surface area contributed by atoms with Crippen molar-refractivity contribution >= 4 is 17.8 Å².